The Morgan fingerprint density at radius 2 is 2.07 bits per heavy atom. The van der Waals surface area contributed by atoms with E-state index in [2.05, 4.69) is 24.3 Å². The summed E-state index contributed by atoms with van der Waals surface area (Å²) in [5.74, 6) is 1.16. The first kappa shape index (κ1) is 9.94. The Morgan fingerprint density at radius 1 is 1.21 bits per heavy atom. The van der Waals surface area contributed by atoms with Crippen molar-refractivity contribution in [3.8, 4) is 0 Å². The molecule has 1 atom stereocenters. The Balaban J connectivity index is 1.55. The van der Waals surface area contributed by atoms with Crippen LogP contribution in [0.4, 0.5) is 0 Å². The van der Waals surface area contributed by atoms with Crippen molar-refractivity contribution < 1.29 is 9.84 Å². The normalized spacial score (nSPS) is 35.6. The molecule has 0 amide bonds. The molecule has 0 saturated heterocycles. The van der Waals surface area contributed by atoms with E-state index in [4.69, 9.17) is 9.84 Å². The van der Waals surface area contributed by atoms with Gasteiger partial charge in [-0.2, -0.15) is 0 Å². The van der Waals surface area contributed by atoms with Crippen LogP contribution < -0.4 is 0 Å². The number of allylic oxidation sites excluding steroid dienone is 3. The standard InChI is InChI=1S/C12H18O2/c13-12-6-11(7-12)9-14-8-10-4-2-1-3-5-10/h1-4,10-13H,5-9H2. The van der Waals surface area contributed by atoms with E-state index < -0.39 is 0 Å². The van der Waals surface area contributed by atoms with Crippen LogP contribution in [0, 0.1) is 11.8 Å². The molecule has 2 heteroatoms. The maximum absolute atomic E-state index is 9.09. The monoisotopic (exact) mass is 194 g/mol. The Labute approximate surface area is 85.3 Å². The average Bonchev–Trinajstić information content (AvgIpc) is 2.17. The first-order valence-corrected chi connectivity index (χ1v) is 5.43. The van der Waals surface area contributed by atoms with Gasteiger partial charge in [-0.1, -0.05) is 24.3 Å². The lowest BCUT2D eigenvalue weighted by Gasteiger charge is -2.31. The molecule has 2 aliphatic rings. The molecule has 1 N–H and O–H groups in total. The second kappa shape index (κ2) is 4.76. The molecule has 0 heterocycles. The van der Waals surface area contributed by atoms with Crippen LogP contribution >= 0.6 is 0 Å². The highest BCUT2D eigenvalue weighted by Gasteiger charge is 2.27. The smallest absolute Gasteiger partial charge is 0.0547 e. The minimum atomic E-state index is -0.0545. The van der Waals surface area contributed by atoms with Gasteiger partial charge in [-0.25, -0.2) is 0 Å². The second-order valence-corrected chi connectivity index (χ2v) is 4.34. The van der Waals surface area contributed by atoms with Crippen molar-refractivity contribution in [3.63, 3.8) is 0 Å². The zero-order valence-electron chi connectivity index (χ0n) is 8.43. The number of ether oxygens (including phenoxy) is 1. The molecule has 0 bridgehead atoms. The molecule has 0 radical (unpaired) electrons. The molecule has 14 heavy (non-hydrogen) atoms. The number of hydrogen-bond acceptors (Lipinski definition) is 2. The molecule has 78 valence electrons. The van der Waals surface area contributed by atoms with Crippen LogP contribution in [0.15, 0.2) is 24.3 Å². The molecule has 0 aromatic rings. The Hall–Kier alpha value is -0.600. The van der Waals surface area contributed by atoms with Crippen LogP contribution in [0.2, 0.25) is 0 Å². The molecule has 2 nitrogen and oxygen atoms in total. The quantitative estimate of drug-likeness (QED) is 0.740. The summed E-state index contributed by atoms with van der Waals surface area (Å²) in [6.45, 7) is 1.65. The van der Waals surface area contributed by atoms with Gasteiger partial charge in [0.15, 0.2) is 0 Å². The van der Waals surface area contributed by atoms with Gasteiger partial charge >= 0.3 is 0 Å². The summed E-state index contributed by atoms with van der Waals surface area (Å²) in [6.07, 6.45) is 11.5. The molecular weight excluding hydrogens is 176 g/mol. The number of aliphatic hydroxyl groups is 1. The molecule has 0 aromatic heterocycles. The first-order valence-electron chi connectivity index (χ1n) is 5.43. The van der Waals surface area contributed by atoms with Gasteiger partial charge in [-0.3, -0.25) is 0 Å². The summed E-state index contributed by atoms with van der Waals surface area (Å²) < 4.78 is 5.63. The summed E-state index contributed by atoms with van der Waals surface area (Å²) in [5.41, 5.74) is 0. The van der Waals surface area contributed by atoms with Crippen LogP contribution in [-0.2, 0) is 4.74 Å². The van der Waals surface area contributed by atoms with E-state index in [0.29, 0.717) is 11.8 Å². The summed E-state index contributed by atoms with van der Waals surface area (Å²) >= 11 is 0. The lowest BCUT2D eigenvalue weighted by molar-refractivity contribution is -0.0146. The van der Waals surface area contributed by atoms with Crippen molar-refractivity contribution in [1.29, 1.82) is 0 Å². The third kappa shape index (κ3) is 2.69. The lowest BCUT2D eigenvalue weighted by Crippen LogP contribution is -2.32. The highest BCUT2D eigenvalue weighted by molar-refractivity contribution is 5.10. The zero-order valence-corrected chi connectivity index (χ0v) is 8.43. The fourth-order valence-electron chi connectivity index (χ4n) is 1.98. The molecule has 0 aromatic carbocycles. The van der Waals surface area contributed by atoms with E-state index in [1.165, 1.54) is 0 Å². The number of rotatable bonds is 4. The minimum absolute atomic E-state index is 0.0545. The second-order valence-electron chi connectivity index (χ2n) is 4.34. The molecule has 1 fully saturated rings. The SMILES string of the molecule is OC1CC(COCC2C=CC=CC2)C1. The van der Waals surface area contributed by atoms with Gasteiger partial charge in [-0.05, 0) is 25.2 Å². The van der Waals surface area contributed by atoms with Crippen LogP contribution in [0.25, 0.3) is 0 Å². The molecule has 1 saturated carbocycles. The van der Waals surface area contributed by atoms with E-state index in [1.807, 2.05) is 0 Å². The van der Waals surface area contributed by atoms with Gasteiger partial charge in [0.1, 0.15) is 0 Å². The predicted molar refractivity (Wildman–Crippen MR) is 55.9 cm³/mol. The summed E-state index contributed by atoms with van der Waals surface area (Å²) in [6, 6.07) is 0. The van der Waals surface area contributed by atoms with Crippen molar-refractivity contribution >= 4 is 0 Å². The van der Waals surface area contributed by atoms with Crippen LogP contribution in [0.3, 0.4) is 0 Å². The Bertz CT molecular complexity index is 226. The largest absolute Gasteiger partial charge is 0.393 e. The van der Waals surface area contributed by atoms with E-state index >= 15 is 0 Å². The average molecular weight is 194 g/mol. The summed E-state index contributed by atoms with van der Waals surface area (Å²) in [5, 5.41) is 9.09. The van der Waals surface area contributed by atoms with E-state index in [-0.39, 0.29) is 6.10 Å². The molecule has 2 aliphatic carbocycles. The van der Waals surface area contributed by atoms with E-state index in [1.54, 1.807) is 0 Å². The summed E-state index contributed by atoms with van der Waals surface area (Å²) in [7, 11) is 0. The first-order chi connectivity index (χ1) is 6.84. The topological polar surface area (TPSA) is 29.5 Å². The highest BCUT2D eigenvalue weighted by atomic mass is 16.5. The fourth-order valence-corrected chi connectivity index (χ4v) is 1.98. The van der Waals surface area contributed by atoms with Crippen molar-refractivity contribution in [1.82, 2.24) is 0 Å². The van der Waals surface area contributed by atoms with E-state index in [0.717, 1.165) is 32.5 Å². The lowest BCUT2D eigenvalue weighted by atomic mass is 9.83. The van der Waals surface area contributed by atoms with Crippen molar-refractivity contribution in [2.45, 2.75) is 25.4 Å². The third-order valence-electron chi connectivity index (χ3n) is 2.97. The van der Waals surface area contributed by atoms with Gasteiger partial charge in [0.05, 0.1) is 12.7 Å². The number of aliphatic hydroxyl groups excluding tert-OH is 1. The third-order valence-corrected chi connectivity index (χ3v) is 2.97. The van der Waals surface area contributed by atoms with Gasteiger partial charge < -0.3 is 9.84 Å². The zero-order chi connectivity index (χ0) is 9.80. The molecule has 1 unspecified atom stereocenters. The number of hydrogen-bond donors (Lipinski definition) is 1. The van der Waals surface area contributed by atoms with Crippen molar-refractivity contribution in [3.05, 3.63) is 24.3 Å². The van der Waals surface area contributed by atoms with Gasteiger partial charge in [0.25, 0.3) is 0 Å². The minimum Gasteiger partial charge on any atom is -0.393 e. The van der Waals surface area contributed by atoms with E-state index in [9.17, 15) is 0 Å². The Kier molecular flexibility index (Phi) is 3.38. The van der Waals surface area contributed by atoms with Gasteiger partial charge in [-0.15, -0.1) is 0 Å². The molecular formula is C12H18O2. The Morgan fingerprint density at radius 3 is 2.71 bits per heavy atom. The summed E-state index contributed by atoms with van der Waals surface area (Å²) in [4.78, 5) is 0. The maximum Gasteiger partial charge on any atom is 0.0547 e. The predicted octanol–water partition coefficient (Wildman–Crippen LogP) is 1.91. The van der Waals surface area contributed by atoms with Gasteiger partial charge in [0, 0.05) is 12.5 Å². The van der Waals surface area contributed by atoms with Crippen molar-refractivity contribution in [2.24, 2.45) is 11.8 Å². The fraction of sp³-hybridized carbons (Fsp3) is 0.667. The van der Waals surface area contributed by atoms with Crippen molar-refractivity contribution in [2.75, 3.05) is 13.2 Å². The maximum atomic E-state index is 9.09. The molecule has 0 spiro atoms. The van der Waals surface area contributed by atoms with Gasteiger partial charge in [0.2, 0.25) is 0 Å². The van der Waals surface area contributed by atoms with Crippen LogP contribution in [0.5, 0.6) is 0 Å². The molecule has 0 aliphatic heterocycles. The van der Waals surface area contributed by atoms with Crippen LogP contribution in [0.1, 0.15) is 19.3 Å². The molecule has 2 rings (SSSR count). The van der Waals surface area contributed by atoms with Crippen LogP contribution in [-0.4, -0.2) is 24.4 Å². The highest BCUT2D eigenvalue weighted by Crippen LogP contribution is 2.27.